The third kappa shape index (κ3) is 125. The normalized spacial score (nSPS) is 3.00. The zero-order chi connectivity index (χ0) is 3.58. The van der Waals surface area contributed by atoms with Crippen LogP contribution in [0.1, 0.15) is 4.28 Å². The van der Waals surface area contributed by atoms with Gasteiger partial charge in [0, 0.05) is 33.6 Å². The minimum Gasteiger partial charge on any atom is -1.00 e. The minimum atomic E-state index is -1.83. The molecule has 0 rings (SSSR count). The second kappa shape index (κ2) is 23.4. The van der Waals surface area contributed by atoms with E-state index in [2.05, 4.69) is 0 Å². The van der Waals surface area contributed by atoms with E-state index in [4.69, 9.17) is 15.0 Å². The van der Waals surface area contributed by atoms with Gasteiger partial charge >= 0.3 is 48.1 Å². The fourth-order valence-corrected chi connectivity index (χ4v) is 0. The van der Waals surface area contributed by atoms with Gasteiger partial charge in [-0.15, -0.1) is 0 Å². The first-order chi connectivity index (χ1) is 1.73. The quantitative estimate of drug-likeness (QED) is 0.424. The molecule has 0 spiro atoms. The van der Waals surface area contributed by atoms with Gasteiger partial charge in [0.1, 0.15) is 0 Å². The third-order valence-corrected chi connectivity index (χ3v) is 0. The van der Waals surface area contributed by atoms with Gasteiger partial charge in [-0.25, -0.2) is 4.79 Å². The average molecular weight is 210 g/mol. The molecule has 0 aliphatic rings. The van der Waals surface area contributed by atoms with E-state index >= 15 is 0 Å². The standard InChI is InChI=1S/CH2O3.Li.Mg.Mn.Ni.3H/c2-1(3)4;;;;;;;/h(H2,2,3,4);;;;;;;/q;+1;+2;;;3*-1. The monoisotopic (exact) mass is 209 g/mol. The van der Waals surface area contributed by atoms with E-state index in [1.165, 1.54) is 0 Å². The molecule has 0 aliphatic carbocycles. The maximum atomic E-state index is 8.56. The molecule has 0 saturated heterocycles. The summed E-state index contributed by atoms with van der Waals surface area (Å²) in [5.41, 5.74) is 0. The molecular formula is CH5LiMgMnNiO3. The van der Waals surface area contributed by atoms with Crippen LogP contribution < -0.4 is 18.9 Å². The van der Waals surface area contributed by atoms with Crippen LogP contribution >= 0.6 is 0 Å². The fourth-order valence-electron chi connectivity index (χ4n) is 0. The molecule has 0 saturated carbocycles. The van der Waals surface area contributed by atoms with Crippen molar-refractivity contribution in [2.24, 2.45) is 0 Å². The van der Waals surface area contributed by atoms with E-state index in [9.17, 15) is 0 Å². The SMILES string of the molecule is O=C(O)O.[H-].[H-].[H-].[Li+].[Mg+2].[Mn].[Ni]. The van der Waals surface area contributed by atoms with Crippen LogP contribution in [0.25, 0.3) is 0 Å². The summed E-state index contributed by atoms with van der Waals surface area (Å²) in [6.07, 6.45) is -1.83. The first kappa shape index (κ1) is 33.4. The van der Waals surface area contributed by atoms with Gasteiger partial charge in [0.15, 0.2) is 0 Å². The van der Waals surface area contributed by atoms with Crippen LogP contribution in [0.2, 0.25) is 0 Å². The van der Waals surface area contributed by atoms with E-state index in [1.54, 1.807) is 0 Å². The van der Waals surface area contributed by atoms with Gasteiger partial charge < -0.3 is 14.5 Å². The molecule has 0 aromatic rings. The van der Waals surface area contributed by atoms with Crippen molar-refractivity contribution in [1.82, 2.24) is 0 Å². The van der Waals surface area contributed by atoms with Crippen LogP contribution in [0, 0.1) is 0 Å². The van der Waals surface area contributed by atoms with E-state index < -0.39 is 6.16 Å². The number of hydrogen-bond acceptors (Lipinski definition) is 1. The van der Waals surface area contributed by atoms with Gasteiger partial charge in [-0.1, -0.05) is 0 Å². The second-order valence-electron chi connectivity index (χ2n) is 0.283. The van der Waals surface area contributed by atoms with Crippen molar-refractivity contribution < 1.29 is 71.7 Å². The van der Waals surface area contributed by atoms with Crippen LogP contribution in [0.15, 0.2) is 0 Å². The zero-order valence-corrected chi connectivity index (χ0v) is 7.79. The van der Waals surface area contributed by atoms with Gasteiger partial charge in [0.2, 0.25) is 0 Å². The molecule has 47 valence electrons. The van der Waals surface area contributed by atoms with Crippen molar-refractivity contribution >= 4 is 29.2 Å². The van der Waals surface area contributed by atoms with Crippen LogP contribution in [0.5, 0.6) is 0 Å². The number of rotatable bonds is 0. The fraction of sp³-hybridized carbons (Fsp3) is 0. The summed E-state index contributed by atoms with van der Waals surface area (Å²) in [5, 5.41) is 13.9. The maximum absolute atomic E-state index is 8.56. The second-order valence-corrected chi connectivity index (χ2v) is 0.283. The number of hydrogen-bond donors (Lipinski definition) is 2. The summed E-state index contributed by atoms with van der Waals surface area (Å²) < 4.78 is 0. The number of carboxylic acid groups (broad SMARTS) is 2. The van der Waals surface area contributed by atoms with Crippen LogP contribution in [0.3, 0.4) is 0 Å². The van der Waals surface area contributed by atoms with Crippen molar-refractivity contribution in [2.45, 2.75) is 0 Å². The summed E-state index contributed by atoms with van der Waals surface area (Å²) >= 11 is 0. The van der Waals surface area contributed by atoms with Crippen molar-refractivity contribution in [2.75, 3.05) is 0 Å². The summed E-state index contributed by atoms with van der Waals surface area (Å²) in [5.74, 6) is 0. The molecule has 0 atom stereocenters. The van der Waals surface area contributed by atoms with Crippen LogP contribution in [-0.2, 0) is 33.6 Å². The molecule has 0 unspecified atom stereocenters. The van der Waals surface area contributed by atoms with Crippen LogP contribution in [-0.4, -0.2) is 39.4 Å². The van der Waals surface area contributed by atoms with Gasteiger partial charge in [-0.3, -0.25) is 0 Å². The Labute approximate surface area is 100 Å². The summed E-state index contributed by atoms with van der Waals surface area (Å²) in [6, 6.07) is 0. The molecule has 0 heterocycles. The summed E-state index contributed by atoms with van der Waals surface area (Å²) in [4.78, 5) is 8.56. The maximum Gasteiger partial charge on any atom is 2.00 e. The first-order valence-electron chi connectivity index (χ1n) is 0.651. The smallest absolute Gasteiger partial charge is 1.00 e. The Morgan fingerprint density at radius 1 is 1.38 bits per heavy atom. The van der Waals surface area contributed by atoms with Crippen LogP contribution in [0.4, 0.5) is 4.79 Å². The number of carbonyl (C=O) groups is 1. The zero-order valence-electron chi connectivity index (χ0n) is 7.20. The molecule has 0 amide bonds. The molecule has 0 fully saturated rings. The first-order valence-corrected chi connectivity index (χ1v) is 0.651. The van der Waals surface area contributed by atoms with Crippen molar-refractivity contribution in [3.8, 4) is 0 Å². The average Bonchev–Trinajstić information content (AvgIpc) is 0.811. The molecule has 0 aliphatic heterocycles. The van der Waals surface area contributed by atoms with E-state index in [-0.39, 0.29) is 79.8 Å². The molecular weight excluding hydrogens is 205 g/mol. The molecule has 2 N–H and O–H groups in total. The third-order valence-electron chi connectivity index (χ3n) is 0. The van der Waals surface area contributed by atoms with E-state index in [0.717, 1.165) is 0 Å². The molecule has 0 aromatic heterocycles. The van der Waals surface area contributed by atoms with Crippen molar-refractivity contribution in [3.05, 3.63) is 0 Å². The summed E-state index contributed by atoms with van der Waals surface area (Å²) in [6.45, 7) is 0. The predicted molar refractivity (Wildman–Crippen MR) is 19.7 cm³/mol. The van der Waals surface area contributed by atoms with E-state index in [0.29, 0.717) is 0 Å². The van der Waals surface area contributed by atoms with Crippen molar-refractivity contribution in [1.29, 1.82) is 0 Å². The molecule has 1 radical (unpaired) electrons. The molecule has 7 heteroatoms. The Bertz CT molecular complexity index is 51.6. The molecule has 0 aromatic carbocycles. The van der Waals surface area contributed by atoms with Gasteiger partial charge in [0.05, 0.1) is 0 Å². The molecule has 3 nitrogen and oxygen atoms in total. The Hall–Kier alpha value is 1.65. The van der Waals surface area contributed by atoms with Gasteiger partial charge in [0.25, 0.3) is 0 Å². The van der Waals surface area contributed by atoms with Gasteiger partial charge in [-0.2, -0.15) is 0 Å². The summed E-state index contributed by atoms with van der Waals surface area (Å²) in [7, 11) is 0. The largest absolute Gasteiger partial charge is 2.00 e. The Kier molecular flexibility index (Phi) is 97.8. The topological polar surface area (TPSA) is 57.5 Å². The predicted octanol–water partition coefficient (Wildman–Crippen LogP) is -2.82. The Morgan fingerprint density at radius 3 is 1.38 bits per heavy atom. The minimum absolute atomic E-state index is 0. The molecule has 0 bridgehead atoms. The van der Waals surface area contributed by atoms with E-state index in [1.807, 2.05) is 0 Å². The Balaban J connectivity index is -0.00000000214. The molecule has 8 heavy (non-hydrogen) atoms. The van der Waals surface area contributed by atoms with Crippen molar-refractivity contribution in [3.63, 3.8) is 0 Å². The van der Waals surface area contributed by atoms with Gasteiger partial charge in [-0.05, 0) is 0 Å². The Morgan fingerprint density at radius 2 is 1.38 bits per heavy atom.